The molecule has 194 valence electrons. The number of ketones is 1. The molecule has 3 rings (SSSR count). The van der Waals surface area contributed by atoms with E-state index in [9.17, 15) is 9.59 Å². The van der Waals surface area contributed by atoms with Crippen LogP contribution in [0, 0.1) is 0 Å². The van der Waals surface area contributed by atoms with Crippen LogP contribution in [-0.2, 0) is 15.6 Å². The number of ether oxygens (including phenoxy) is 1. The third kappa shape index (κ3) is 9.55. The second kappa shape index (κ2) is 15.2. The zero-order valence-electron chi connectivity index (χ0n) is 21.1. The summed E-state index contributed by atoms with van der Waals surface area (Å²) in [6.45, 7) is 6.96. The number of unbranched alkanes of at least 4 members (excludes halogenated alkanes) is 1. The smallest absolute Gasteiger partial charge is 0.351 e. The molecule has 0 radical (unpaired) electrons. The first kappa shape index (κ1) is 27.6. The third-order valence-corrected chi connectivity index (χ3v) is 6.42. The lowest BCUT2D eigenvalue weighted by Crippen LogP contribution is -2.44. The minimum Gasteiger partial charge on any atom is -0.494 e. The average molecular weight is 496 g/mol. The van der Waals surface area contributed by atoms with Crippen LogP contribution >= 0.6 is 0 Å². The van der Waals surface area contributed by atoms with Gasteiger partial charge >= 0.3 is 5.75 Å². The zero-order chi connectivity index (χ0) is 25.6. The molecule has 36 heavy (non-hydrogen) atoms. The molecule has 0 bridgehead atoms. The highest BCUT2D eigenvalue weighted by Gasteiger charge is 2.20. The fourth-order valence-corrected chi connectivity index (χ4v) is 4.45. The molecule has 2 aromatic rings. The van der Waals surface area contributed by atoms with Gasteiger partial charge in [0.2, 0.25) is 5.91 Å². The lowest BCUT2D eigenvalue weighted by Gasteiger charge is -2.25. The largest absolute Gasteiger partial charge is 0.494 e. The quantitative estimate of drug-likeness (QED) is 0.208. The summed E-state index contributed by atoms with van der Waals surface area (Å²) in [5.41, 5.74) is 1.80. The summed E-state index contributed by atoms with van der Waals surface area (Å²) >= 11 is 0. The van der Waals surface area contributed by atoms with E-state index in [1.807, 2.05) is 24.3 Å². The zero-order valence-corrected chi connectivity index (χ0v) is 21.1. The Kier molecular flexibility index (Phi) is 11.6. The maximum Gasteiger partial charge on any atom is 0.351 e. The van der Waals surface area contributed by atoms with Crippen molar-refractivity contribution in [2.24, 2.45) is 0 Å². The molecule has 0 spiro atoms. The van der Waals surface area contributed by atoms with Gasteiger partial charge < -0.3 is 20.1 Å². The maximum absolute atomic E-state index is 12.7. The average Bonchev–Trinajstić information content (AvgIpc) is 3.41. The first-order valence-electron chi connectivity index (χ1n) is 13.0. The van der Waals surface area contributed by atoms with Gasteiger partial charge in [0.25, 0.3) is 6.79 Å². The summed E-state index contributed by atoms with van der Waals surface area (Å²) < 4.78 is 10.5. The molecule has 7 heteroatoms. The molecule has 1 atom stereocenters. The summed E-state index contributed by atoms with van der Waals surface area (Å²) in [6, 6.07) is 14.9. The molecule has 1 amide bonds. The highest BCUT2D eigenvalue weighted by atomic mass is 16.5. The van der Waals surface area contributed by atoms with Gasteiger partial charge in [-0.05, 0) is 75.0 Å². The Morgan fingerprint density at radius 3 is 2.36 bits per heavy atom. The molecule has 1 unspecified atom stereocenters. The topological polar surface area (TPSA) is 90.2 Å². The normalized spacial score (nSPS) is 14.4. The van der Waals surface area contributed by atoms with Crippen LogP contribution in [0.5, 0.6) is 11.5 Å². The SMILES string of the molecule is C=[O+]c1ccc(C(=O)CCCCC(=O)NC(Cc2ccc(OCCCO)cc2)CN2CCCC2)cc1. The van der Waals surface area contributed by atoms with Crippen LogP contribution in [0.4, 0.5) is 0 Å². The summed E-state index contributed by atoms with van der Waals surface area (Å²) in [7, 11) is 0. The Hall–Kier alpha value is -3.03. The molecule has 1 fully saturated rings. The van der Waals surface area contributed by atoms with Crippen molar-refractivity contribution in [2.45, 2.75) is 57.4 Å². The predicted octanol–water partition coefficient (Wildman–Crippen LogP) is 4.09. The Morgan fingerprint density at radius 1 is 1.00 bits per heavy atom. The Balaban J connectivity index is 1.45. The van der Waals surface area contributed by atoms with E-state index in [0.29, 0.717) is 50.0 Å². The van der Waals surface area contributed by atoms with Gasteiger partial charge in [0.15, 0.2) is 5.78 Å². The van der Waals surface area contributed by atoms with E-state index >= 15 is 0 Å². The molecule has 1 aliphatic rings. The number of hydrogen-bond acceptors (Lipinski definition) is 5. The fraction of sp³-hybridized carbons (Fsp3) is 0.483. The van der Waals surface area contributed by atoms with Crippen LogP contribution in [-0.4, -0.2) is 67.4 Å². The first-order chi connectivity index (χ1) is 17.6. The third-order valence-electron chi connectivity index (χ3n) is 6.42. The van der Waals surface area contributed by atoms with Crippen LogP contribution in [0.3, 0.4) is 0 Å². The first-order valence-corrected chi connectivity index (χ1v) is 13.0. The van der Waals surface area contributed by atoms with Crippen LogP contribution in [0.25, 0.3) is 0 Å². The summed E-state index contributed by atoms with van der Waals surface area (Å²) in [5.74, 6) is 1.51. The standard InChI is InChI=1S/C29H38N2O5/c1-35-26-15-11-24(12-16-26)28(33)7-2-3-8-29(34)30-25(22-31-17-4-5-18-31)21-23-9-13-27(14-10-23)36-20-6-19-32/h9-16,25,32H,1-8,17-22H2/p+1. The van der Waals surface area contributed by atoms with Crippen LogP contribution < -0.4 is 10.1 Å². The Morgan fingerprint density at radius 2 is 1.69 bits per heavy atom. The number of amides is 1. The monoisotopic (exact) mass is 495 g/mol. The van der Waals surface area contributed by atoms with E-state index in [-0.39, 0.29) is 24.3 Å². The fourth-order valence-electron chi connectivity index (χ4n) is 4.45. The van der Waals surface area contributed by atoms with Gasteiger partial charge in [0.05, 0.1) is 6.61 Å². The summed E-state index contributed by atoms with van der Waals surface area (Å²) in [6.07, 6.45) is 5.96. The molecule has 1 heterocycles. The number of aliphatic hydroxyl groups excluding tert-OH is 1. The number of nitrogens with zero attached hydrogens (tertiary/aromatic N) is 1. The van der Waals surface area contributed by atoms with Gasteiger partial charge in [-0.3, -0.25) is 9.59 Å². The minimum atomic E-state index is 0.0344. The molecule has 2 aromatic carbocycles. The van der Waals surface area contributed by atoms with Crippen molar-refractivity contribution in [1.29, 1.82) is 0 Å². The van der Waals surface area contributed by atoms with Crippen LogP contribution in [0.2, 0.25) is 0 Å². The van der Waals surface area contributed by atoms with E-state index in [1.165, 1.54) is 12.8 Å². The molecule has 1 aliphatic heterocycles. The molecule has 1 saturated heterocycles. The second-order valence-corrected chi connectivity index (χ2v) is 9.34. The van der Waals surface area contributed by atoms with Gasteiger partial charge in [-0.15, -0.1) is 0 Å². The van der Waals surface area contributed by atoms with E-state index in [4.69, 9.17) is 14.3 Å². The van der Waals surface area contributed by atoms with Crippen LogP contribution in [0.1, 0.15) is 60.9 Å². The van der Waals surface area contributed by atoms with E-state index < -0.39 is 0 Å². The van der Waals surface area contributed by atoms with Gasteiger partial charge in [-0.1, -0.05) is 12.1 Å². The summed E-state index contributed by atoms with van der Waals surface area (Å²) in [5, 5.41) is 12.1. The second-order valence-electron chi connectivity index (χ2n) is 9.34. The summed E-state index contributed by atoms with van der Waals surface area (Å²) in [4.78, 5) is 27.5. The molecule has 0 aromatic heterocycles. The number of benzene rings is 2. The minimum absolute atomic E-state index is 0.0344. The number of nitrogens with one attached hydrogen (secondary N) is 1. The van der Waals surface area contributed by atoms with Gasteiger partial charge in [0, 0.05) is 56.2 Å². The number of rotatable bonds is 16. The lowest BCUT2D eigenvalue weighted by molar-refractivity contribution is -0.354. The van der Waals surface area contributed by atoms with E-state index in [0.717, 1.165) is 37.4 Å². The Labute approximate surface area is 214 Å². The van der Waals surface area contributed by atoms with E-state index in [1.54, 1.807) is 24.3 Å². The van der Waals surface area contributed by atoms with Crippen molar-refractivity contribution in [1.82, 2.24) is 10.2 Å². The molecule has 0 aliphatic carbocycles. The number of likely N-dealkylation sites (tertiary alicyclic amines) is 1. The maximum atomic E-state index is 12.7. The van der Waals surface area contributed by atoms with Gasteiger partial charge in [-0.2, -0.15) is 0 Å². The molecule has 2 N–H and O–H groups in total. The Bertz CT molecular complexity index is 953. The number of hydrogen-bond donors (Lipinski definition) is 2. The number of Topliss-reactive ketones (excluding diaryl/α,β-unsaturated/α-hetero) is 1. The van der Waals surface area contributed by atoms with Gasteiger partial charge in [0.1, 0.15) is 5.75 Å². The van der Waals surface area contributed by atoms with Crippen molar-refractivity contribution < 1.29 is 23.9 Å². The number of carbonyl (C=O) groups is 2. The molecular weight excluding hydrogens is 456 g/mol. The predicted molar refractivity (Wildman–Crippen MR) is 141 cm³/mol. The van der Waals surface area contributed by atoms with Crippen molar-refractivity contribution in [3.05, 3.63) is 59.7 Å². The van der Waals surface area contributed by atoms with Crippen molar-refractivity contribution in [3.8, 4) is 11.5 Å². The van der Waals surface area contributed by atoms with Crippen molar-refractivity contribution >= 4 is 18.5 Å². The van der Waals surface area contributed by atoms with Gasteiger partial charge in [-0.25, -0.2) is 4.42 Å². The molecular formula is C29H39N2O5+. The number of carbonyl (C=O) groups excluding carboxylic acids is 3. The highest BCUT2D eigenvalue weighted by molar-refractivity contribution is 5.96. The van der Waals surface area contributed by atoms with Crippen LogP contribution in [0.15, 0.2) is 48.5 Å². The molecule has 0 saturated carbocycles. The van der Waals surface area contributed by atoms with E-state index in [2.05, 4.69) is 17.0 Å². The lowest BCUT2D eigenvalue weighted by atomic mass is 10.0. The van der Waals surface area contributed by atoms with Crippen molar-refractivity contribution in [3.63, 3.8) is 0 Å². The highest BCUT2D eigenvalue weighted by Crippen LogP contribution is 2.17. The number of aliphatic hydroxyl groups is 1. The van der Waals surface area contributed by atoms with Crippen molar-refractivity contribution in [2.75, 3.05) is 32.8 Å². The molecule has 7 nitrogen and oxygen atoms in total.